The topological polar surface area (TPSA) is 37.3 Å². The Morgan fingerprint density at radius 2 is 1.94 bits per heavy atom. The number of carbonyl (C=O) groups is 1. The van der Waals surface area contributed by atoms with Gasteiger partial charge in [-0.05, 0) is 25.5 Å². The van der Waals surface area contributed by atoms with Gasteiger partial charge in [0.1, 0.15) is 0 Å². The molecule has 1 aromatic carbocycles. The van der Waals surface area contributed by atoms with Crippen LogP contribution in [0.1, 0.15) is 25.0 Å². The molecule has 0 aliphatic rings. The van der Waals surface area contributed by atoms with Crippen molar-refractivity contribution >= 4 is 17.7 Å². The molecule has 2 unspecified atom stereocenters. The summed E-state index contributed by atoms with van der Waals surface area (Å²) in [5.41, 5.74) is 2.45. The summed E-state index contributed by atoms with van der Waals surface area (Å²) in [5, 5.41) is 9.01. The molecule has 0 heterocycles. The molecule has 16 heavy (non-hydrogen) atoms. The molecule has 88 valence electrons. The van der Waals surface area contributed by atoms with Crippen molar-refractivity contribution < 1.29 is 9.90 Å². The molecule has 0 radical (unpaired) electrons. The van der Waals surface area contributed by atoms with E-state index in [2.05, 4.69) is 32.0 Å². The molecule has 1 N–H and O–H groups in total. The van der Waals surface area contributed by atoms with Crippen molar-refractivity contribution in [1.29, 1.82) is 0 Å². The zero-order chi connectivity index (χ0) is 12.3. The van der Waals surface area contributed by atoms with Gasteiger partial charge in [0.05, 0.1) is 5.92 Å². The van der Waals surface area contributed by atoms with Crippen molar-refractivity contribution in [3.63, 3.8) is 0 Å². The van der Waals surface area contributed by atoms with Crippen LogP contribution in [0.5, 0.6) is 0 Å². The van der Waals surface area contributed by atoms with Gasteiger partial charge in [-0.3, -0.25) is 4.79 Å². The Hall–Kier alpha value is -0.960. The molecule has 3 heteroatoms. The Balaban J connectivity index is 2.77. The zero-order valence-corrected chi connectivity index (χ0v) is 11.0. The minimum absolute atomic E-state index is 0.0823. The molecule has 1 aromatic rings. The number of aliphatic carboxylic acids is 1. The summed E-state index contributed by atoms with van der Waals surface area (Å²) in [4.78, 5) is 12.0. The third kappa shape index (κ3) is 3.27. The highest BCUT2D eigenvalue weighted by atomic mass is 32.2. The molecular weight excluding hydrogens is 220 g/mol. The number of hydrogen-bond acceptors (Lipinski definition) is 2. The fourth-order valence-electron chi connectivity index (χ4n) is 1.43. The Morgan fingerprint density at radius 3 is 2.44 bits per heavy atom. The van der Waals surface area contributed by atoms with Crippen LogP contribution in [-0.4, -0.2) is 16.3 Å². The maximum absolute atomic E-state index is 10.9. The molecule has 0 aromatic heterocycles. The van der Waals surface area contributed by atoms with Gasteiger partial charge in [0.15, 0.2) is 0 Å². The minimum atomic E-state index is -0.732. The second-order valence-electron chi connectivity index (χ2n) is 4.22. The summed E-state index contributed by atoms with van der Waals surface area (Å²) in [6.45, 7) is 7.84. The first-order valence-corrected chi connectivity index (χ1v) is 6.26. The highest BCUT2D eigenvalue weighted by molar-refractivity contribution is 8.00. The van der Waals surface area contributed by atoms with Crippen LogP contribution in [0.25, 0.3) is 0 Å². The number of thioether (sulfide) groups is 1. The predicted octanol–water partition coefficient (Wildman–Crippen LogP) is 3.50. The second-order valence-corrected chi connectivity index (χ2v) is 5.64. The normalized spacial score (nSPS) is 14.5. The Labute approximate surface area is 101 Å². The lowest BCUT2D eigenvalue weighted by Crippen LogP contribution is -2.20. The van der Waals surface area contributed by atoms with E-state index in [1.54, 1.807) is 18.7 Å². The third-order valence-corrected chi connectivity index (χ3v) is 4.23. The van der Waals surface area contributed by atoms with Crippen molar-refractivity contribution in [2.75, 3.05) is 0 Å². The van der Waals surface area contributed by atoms with Gasteiger partial charge in [-0.15, -0.1) is 11.8 Å². The van der Waals surface area contributed by atoms with E-state index < -0.39 is 5.97 Å². The Morgan fingerprint density at radius 1 is 1.31 bits per heavy atom. The number of carboxylic acid groups (broad SMARTS) is 1. The minimum Gasteiger partial charge on any atom is -0.481 e. The van der Waals surface area contributed by atoms with E-state index in [4.69, 9.17) is 5.11 Å². The molecular formula is C13H18O2S. The van der Waals surface area contributed by atoms with Crippen LogP contribution >= 0.6 is 11.8 Å². The molecule has 0 bridgehead atoms. The number of hydrogen-bond donors (Lipinski definition) is 1. The quantitative estimate of drug-likeness (QED) is 0.816. The van der Waals surface area contributed by atoms with Gasteiger partial charge in [0, 0.05) is 10.1 Å². The monoisotopic (exact) mass is 238 g/mol. The van der Waals surface area contributed by atoms with E-state index >= 15 is 0 Å². The van der Waals surface area contributed by atoms with E-state index in [1.807, 2.05) is 6.92 Å². The highest BCUT2D eigenvalue weighted by Gasteiger charge is 2.20. The van der Waals surface area contributed by atoms with Gasteiger partial charge in [-0.25, -0.2) is 0 Å². The molecule has 2 nitrogen and oxygen atoms in total. The Bertz CT molecular complexity index is 388. The lowest BCUT2D eigenvalue weighted by Gasteiger charge is -2.16. The number of carboxylic acids is 1. The molecule has 0 saturated heterocycles. The van der Waals surface area contributed by atoms with E-state index in [0.717, 1.165) is 0 Å². The molecule has 0 aliphatic heterocycles. The highest BCUT2D eigenvalue weighted by Crippen LogP contribution is 2.30. The van der Waals surface area contributed by atoms with Gasteiger partial charge in [-0.1, -0.05) is 31.5 Å². The van der Waals surface area contributed by atoms with Gasteiger partial charge in [-0.2, -0.15) is 0 Å². The van der Waals surface area contributed by atoms with Gasteiger partial charge in [0.25, 0.3) is 0 Å². The summed E-state index contributed by atoms with van der Waals surface area (Å²) in [6.07, 6.45) is 0. The first-order valence-electron chi connectivity index (χ1n) is 5.38. The SMILES string of the molecule is Cc1ccc(SC(C)C(C)C(=O)O)c(C)c1. The van der Waals surface area contributed by atoms with Crippen LogP contribution in [0.2, 0.25) is 0 Å². The summed E-state index contributed by atoms with van der Waals surface area (Å²) >= 11 is 1.63. The molecule has 0 amide bonds. The van der Waals surface area contributed by atoms with Crippen LogP contribution in [-0.2, 0) is 4.79 Å². The van der Waals surface area contributed by atoms with Crippen LogP contribution in [0.15, 0.2) is 23.1 Å². The average Bonchev–Trinajstić information content (AvgIpc) is 2.20. The molecule has 0 fully saturated rings. The van der Waals surface area contributed by atoms with Crippen LogP contribution in [0, 0.1) is 19.8 Å². The molecule has 0 saturated carbocycles. The molecule has 1 rings (SSSR count). The first kappa shape index (κ1) is 13.1. The summed E-state index contributed by atoms with van der Waals surface area (Å²) < 4.78 is 0. The van der Waals surface area contributed by atoms with Crippen LogP contribution < -0.4 is 0 Å². The van der Waals surface area contributed by atoms with Gasteiger partial charge >= 0.3 is 5.97 Å². The molecule has 0 aliphatic carbocycles. The van der Waals surface area contributed by atoms with Crippen molar-refractivity contribution in [3.8, 4) is 0 Å². The number of rotatable bonds is 4. The van der Waals surface area contributed by atoms with Crippen LogP contribution in [0.4, 0.5) is 0 Å². The van der Waals surface area contributed by atoms with E-state index in [-0.39, 0.29) is 11.2 Å². The molecule has 2 atom stereocenters. The van der Waals surface area contributed by atoms with Crippen molar-refractivity contribution in [3.05, 3.63) is 29.3 Å². The predicted molar refractivity (Wildman–Crippen MR) is 68.0 cm³/mol. The zero-order valence-electron chi connectivity index (χ0n) is 10.2. The summed E-state index contributed by atoms with van der Waals surface area (Å²) in [6, 6.07) is 6.26. The average molecular weight is 238 g/mol. The lowest BCUT2D eigenvalue weighted by atomic mass is 10.1. The Kier molecular flexibility index (Phi) is 4.42. The first-order chi connectivity index (χ1) is 7.41. The maximum Gasteiger partial charge on any atom is 0.307 e. The smallest absolute Gasteiger partial charge is 0.307 e. The van der Waals surface area contributed by atoms with E-state index in [9.17, 15) is 4.79 Å². The maximum atomic E-state index is 10.9. The fraction of sp³-hybridized carbons (Fsp3) is 0.462. The lowest BCUT2D eigenvalue weighted by molar-refractivity contribution is -0.140. The van der Waals surface area contributed by atoms with Crippen molar-refractivity contribution in [2.45, 2.75) is 37.8 Å². The van der Waals surface area contributed by atoms with Gasteiger partial charge < -0.3 is 5.11 Å². The standard InChI is InChI=1S/C13H18O2S/c1-8-5-6-12(9(2)7-8)16-11(4)10(3)13(14)15/h5-7,10-11H,1-4H3,(H,14,15). The van der Waals surface area contributed by atoms with Crippen molar-refractivity contribution in [2.24, 2.45) is 5.92 Å². The van der Waals surface area contributed by atoms with Crippen molar-refractivity contribution in [1.82, 2.24) is 0 Å². The summed E-state index contributed by atoms with van der Waals surface area (Å²) in [7, 11) is 0. The van der Waals surface area contributed by atoms with E-state index in [0.29, 0.717) is 0 Å². The summed E-state index contributed by atoms with van der Waals surface area (Å²) in [5.74, 6) is -1.06. The van der Waals surface area contributed by atoms with Crippen LogP contribution in [0.3, 0.4) is 0 Å². The third-order valence-electron chi connectivity index (χ3n) is 2.74. The number of benzene rings is 1. The van der Waals surface area contributed by atoms with E-state index in [1.165, 1.54) is 16.0 Å². The largest absolute Gasteiger partial charge is 0.481 e. The van der Waals surface area contributed by atoms with Gasteiger partial charge in [0.2, 0.25) is 0 Å². The molecule has 0 spiro atoms. The second kappa shape index (κ2) is 5.39. The number of aryl methyl sites for hydroxylation is 2. The fourth-order valence-corrected chi connectivity index (χ4v) is 2.55.